The molecule has 16 heavy (non-hydrogen) atoms. The zero-order valence-electron chi connectivity index (χ0n) is 11.6. The predicted molar refractivity (Wildman–Crippen MR) is 73.5 cm³/mol. The van der Waals surface area contributed by atoms with Crippen LogP contribution in [0.4, 0.5) is 0 Å². The van der Waals surface area contributed by atoms with Gasteiger partial charge in [0.15, 0.2) is 0 Å². The molecule has 0 radical (unpaired) electrons. The standard InChI is InChI=1S/C14H32N2/c1-4-7-9-10-12-15-16-13-14(6-3)11-8-5-2/h14-16H,4-13H2,1-3H3. The molecule has 1 unspecified atom stereocenters. The van der Waals surface area contributed by atoms with Crippen molar-refractivity contribution in [3.05, 3.63) is 0 Å². The molecule has 0 saturated carbocycles. The van der Waals surface area contributed by atoms with E-state index in [2.05, 4.69) is 31.6 Å². The van der Waals surface area contributed by atoms with Gasteiger partial charge in [-0.3, -0.25) is 10.9 Å². The minimum Gasteiger partial charge on any atom is -0.258 e. The van der Waals surface area contributed by atoms with Gasteiger partial charge in [0.05, 0.1) is 0 Å². The summed E-state index contributed by atoms with van der Waals surface area (Å²) < 4.78 is 0. The first-order valence-electron chi connectivity index (χ1n) is 7.30. The largest absolute Gasteiger partial charge is 0.258 e. The van der Waals surface area contributed by atoms with Crippen LogP contribution in [0.2, 0.25) is 0 Å². The monoisotopic (exact) mass is 228 g/mol. The molecule has 0 aromatic heterocycles. The maximum absolute atomic E-state index is 3.37. The molecular weight excluding hydrogens is 196 g/mol. The highest BCUT2D eigenvalue weighted by Gasteiger charge is 2.04. The Bertz CT molecular complexity index is 126. The Morgan fingerprint density at radius 3 is 2.19 bits per heavy atom. The summed E-state index contributed by atoms with van der Waals surface area (Å²) in [5, 5.41) is 0. The smallest absolute Gasteiger partial charge is 0.0128 e. The van der Waals surface area contributed by atoms with Crippen LogP contribution < -0.4 is 10.9 Å². The number of hydrogen-bond acceptors (Lipinski definition) is 2. The van der Waals surface area contributed by atoms with E-state index >= 15 is 0 Å². The molecule has 2 heteroatoms. The maximum Gasteiger partial charge on any atom is 0.0128 e. The maximum atomic E-state index is 3.37. The minimum absolute atomic E-state index is 0.850. The van der Waals surface area contributed by atoms with Crippen LogP contribution in [0.3, 0.4) is 0 Å². The van der Waals surface area contributed by atoms with Crippen LogP contribution in [0.5, 0.6) is 0 Å². The quantitative estimate of drug-likeness (QED) is 0.391. The van der Waals surface area contributed by atoms with Crippen LogP contribution in [-0.4, -0.2) is 13.1 Å². The first kappa shape index (κ1) is 15.9. The van der Waals surface area contributed by atoms with Crippen molar-refractivity contribution in [2.75, 3.05) is 13.1 Å². The van der Waals surface area contributed by atoms with Crippen molar-refractivity contribution in [3.63, 3.8) is 0 Å². The van der Waals surface area contributed by atoms with E-state index in [9.17, 15) is 0 Å². The first-order valence-corrected chi connectivity index (χ1v) is 7.30. The zero-order chi connectivity index (χ0) is 12.1. The molecule has 0 aromatic rings. The lowest BCUT2D eigenvalue weighted by Crippen LogP contribution is -2.36. The molecular formula is C14H32N2. The summed E-state index contributed by atoms with van der Waals surface area (Å²) >= 11 is 0. The molecule has 0 aliphatic carbocycles. The van der Waals surface area contributed by atoms with Crippen molar-refractivity contribution in [1.29, 1.82) is 0 Å². The first-order chi connectivity index (χ1) is 7.85. The summed E-state index contributed by atoms with van der Waals surface area (Å²) in [7, 11) is 0. The van der Waals surface area contributed by atoms with Crippen LogP contribution in [0, 0.1) is 5.92 Å². The Morgan fingerprint density at radius 2 is 1.56 bits per heavy atom. The molecule has 0 rings (SSSR count). The lowest BCUT2D eigenvalue weighted by atomic mass is 10.00. The Morgan fingerprint density at radius 1 is 0.812 bits per heavy atom. The summed E-state index contributed by atoms with van der Waals surface area (Å²) in [5.41, 5.74) is 6.71. The minimum atomic E-state index is 0.850. The molecule has 0 fully saturated rings. The summed E-state index contributed by atoms with van der Waals surface area (Å²) in [5.74, 6) is 0.850. The topological polar surface area (TPSA) is 24.1 Å². The predicted octanol–water partition coefficient (Wildman–Crippen LogP) is 3.88. The Balaban J connectivity index is 3.20. The van der Waals surface area contributed by atoms with Crippen molar-refractivity contribution < 1.29 is 0 Å². The Kier molecular flexibility index (Phi) is 12.9. The van der Waals surface area contributed by atoms with Gasteiger partial charge in [-0.25, -0.2) is 0 Å². The van der Waals surface area contributed by atoms with Crippen LogP contribution in [0.15, 0.2) is 0 Å². The van der Waals surface area contributed by atoms with Gasteiger partial charge in [0, 0.05) is 13.1 Å². The van der Waals surface area contributed by atoms with Gasteiger partial charge in [-0.15, -0.1) is 0 Å². The fraction of sp³-hybridized carbons (Fsp3) is 1.00. The Labute approximate surface area is 103 Å². The number of nitrogens with one attached hydrogen (secondary N) is 2. The van der Waals surface area contributed by atoms with Gasteiger partial charge in [0.2, 0.25) is 0 Å². The average molecular weight is 228 g/mol. The second-order valence-corrected chi connectivity index (χ2v) is 4.78. The fourth-order valence-electron chi connectivity index (χ4n) is 1.89. The van der Waals surface area contributed by atoms with Gasteiger partial charge in [0.1, 0.15) is 0 Å². The van der Waals surface area contributed by atoms with E-state index in [1.54, 1.807) is 0 Å². The second kappa shape index (κ2) is 13.0. The second-order valence-electron chi connectivity index (χ2n) is 4.78. The molecule has 1 atom stereocenters. The third-order valence-electron chi connectivity index (χ3n) is 3.21. The van der Waals surface area contributed by atoms with Gasteiger partial charge in [-0.2, -0.15) is 0 Å². The number of rotatable bonds is 12. The van der Waals surface area contributed by atoms with Gasteiger partial charge >= 0.3 is 0 Å². The van der Waals surface area contributed by atoms with E-state index in [0.29, 0.717) is 0 Å². The number of hydrazine groups is 1. The molecule has 0 aliphatic rings. The summed E-state index contributed by atoms with van der Waals surface area (Å²) in [6, 6.07) is 0. The number of hydrogen-bond donors (Lipinski definition) is 2. The molecule has 0 heterocycles. The SMILES string of the molecule is CCCCCCNNCC(CC)CCCC. The lowest BCUT2D eigenvalue weighted by molar-refractivity contribution is 0.384. The van der Waals surface area contributed by atoms with Crippen LogP contribution in [0.1, 0.15) is 72.1 Å². The third kappa shape index (κ3) is 10.4. The molecule has 0 bridgehead atoms. The molecule has 2 N–H and O–H groups in total. The van der Waals surface area contributed by atoms with Gasteiger partial charge in [0.25, 0.3) is 0 Å². The highest BCUT2D eigenvalue weighted by molar-refractivity contribution is 4.59. The highest BCUT2D eigenvalue weighted by Crippen LogP contribution is 2.10. The molecule has 98 valence electrons. The van der Waals surface area contributed by atoms with Gasteiger partial charge in [-0.1, -0.05) is 59.3 Å². The zero-order valence-corrected chi connectivity index (χ0v) is 11.6. The van der Waals surface area contributed by atoms with Crippen LogP contribution in [0.25, 0.3) is 0 Å². The van der Waals surface area contributed by atoms with Crippen molar-refractivity contribution in [2.45, 2.75) is 72.1 Å². The van der Waals surface area contributed by atoms with E-state index in [1.165, 1.54) is 51.4 Å². The average Bonchev–Trinajstić information content (AvgIpc) is 2.32. The van der Waals surface area contributed by atoms with Gasteiger partial charge in [-0.05, 0) is 18.8 Å². The molecule has 2 nitrogen and oxygen atoms in total. The molecule has 0 spiro atoms. The van der Waals surface area contributed by atoms with E-state index in [1.807, 2.05) is 0 Å². The van der Waals surface area contributed by atoms with Crippen molar-refractivity contribution in [3.8, 4) is 0 Å². The van der Waals surface area contributed by atoms with Crippen molar-refractivity contribution in [1.82, 2.24) is 10.9 Å². The van der Waals surface area contributed by atoms with Crippen molar-refractivity contribution in [2.24, 2.45) is 5.92 Å². The molecule has 0 amide bonds. The molecule has 0 saturated heterocycles. The van der Waals surface area contributed by atoms with Crippen LogP contribution >= 0.6 is 0 Å². The van der Waals surface area contributed by atoms with Crippen molar-refractivity contribution >= 4 is 0 Å². The number of unbranched alkanes of at least 4 members (excludes halogenated alkanes) is 4. The van der Waals surface area contributed by atoms with Crippen LogP contribution in [-0.2, 0) is 0 Å². The summed E-state index contributed by atoms with van der Waals surface area (Å²) in [4.78, 5) is 0. The Hall–Kier alpha value is -0.0800. The lowest BCUT2D eigenvalue weighted by Gasteiger charge is -2.15. The van der Waals surface area contributed by atoms with E-state index in [-0.39, 0.29) is 0 Å². The van der Waals surface area contributed by atoms with E-state index in [4.69, 9.17) is 0 Å². The van der Waals surface area contributed by atoms with Gasteiger partial charge < -0.3 is 0 Å². The summed E-state index contributed by atoms with van der Waals surface area (Å²) in [6.07, 6.45) is 10.7. The molecule has 0 aliphatic heterocycles. The summed E-state index contributed by atoms with van der Waals surface area (Å²) in [6.45, 7) is 9.06. The van der Waals surface area contributed by atoms with E-state index < -0.39 is 0 Å². The fourth-order valence-corrected chi connectivity index (χ4v) is 1.89. The third-order valence-corrected chi connectivity index (χ3v) is 3.21. The van der Waals surface area contributed by atoms with E-state index in [0.717, 1.165) is 19.0 Å². The molecule has 0 aromatic carbocycles. The highest BCUT2D eigenvalue weighted by atomic mass is 15.3. The normalized spacial score (nSPS) is 12.9.